The highest BCUT2D eigenvalue weighted by molar-refractivity contribution is 6.74. The second kappa shape index (κ2) is 10.4. The number of carbonyl (C=O) groups is 2. The van der Waals surface area contributed by atoms with Crippen molar-refractivity contribution in [2.45, 2.75) is 58.3 Å². The van der Waals surface area contributed by atoms with Crippen LogP contribution in [0.3, 0.4) is 0 Å². The minimum absolute atomic E-state index is 0.0599. The summed E-state index contributed by atoms with van der Waals surface area (Å²) in [6.45, 7) is 14.5. The van der Waals surface area contributed by atoms with E-state index in [4.69, 9.17) is 16.0 Å². The van der Waals surface area contributed by atoms with Crippen LogP contribution in [0.4, 0.5) is 0 Å². The first-order valence-corrected chi connectivity index (χ1v) is 16.2. The highest BCUT2D eigenvalue weighted by atomic mass is 35.5. The zero-order valence-electron chi connectivity index (χ0n) is 23.3. The number of hydrogen-bond donors (Lipinski definition) is 1. The smallest absolute Gasteiger partial charge is 0.337 e. The minimum Gasteiger partial charge on any atom is -0.478 e. The van der Waals surface area contributed by atoms with Gasteiger partial charge in [-0.2, -0.15) is 0 Å². The van der Waals surface area contributed by atoms with Gasteiger partial charge in [-0.1, -0.05) is 56.6 Å². The first-order valence-electron chi connectivity index (χ1n) is 12.9. The lowest BCUT2D eigenvalue weighted by Crippen LogP contribution is -2.44. The molecule has 1 aliphatic heterocycles. The number of aromatic nitrogens is 1. The van der Waals surface area contributed by atoms with Gasteiger partial charge >= 0.3 is 5.97 Å². The number of nitrogens with zero attached hydrogens (tertiary/aromatic N) is 2. The second-order valence-electron chi connectivity index (χ2n) is 11.7. The van der Waals surface area contributed by atoms with E-state index in [0.717, 1.165) is 5.56 Å². The van der Waals surface area contributed by atoms with Crippen LogP contribution in [0.1, 0.15) is 64.2 Å². The first-order chi connectivity index (χ1) is 17.7. The van der Waals surface area contributed by atoms with Crippen LogP contribution < -0.4 is 0 Å². The molecule has 8 heteroatoms. The molecule has 38 heavy (non-hydrogen) atoms. The van der Waals surface area contributed by atoms with E-state index >= 15 is 0 Å². The Morgan fingerprint density at radius 3 is 2.42 bits per heavy atom. The zero-order valence-corrected chi connectivity index (χ0v) is 25.0. The molecule has 0 radical (unpaired) electrons. The van der Waals surface area contributed by atoms with E-state index in [2.05, 4.69) is 46.0 Å². The Labute approximate surface area is 231 Å². The normalized spacial score (nSPS) is 15.9. The summed E-state index contributed by atoms with van der Waals surface area (Å²) in [4.78, 5) is 27.7. The highest BCUT2D eigenvalue weighted by Crippen LogP contribution is 2.39. The average Bonchev–Trinajstić information content (AvgIpc) is 3.15. The van der Waals surface area contributed by atoms with Crippen LogP contribution in [0.2, 0.25) is 23.2 Å². The fourth-order valence-corrected chi connectivity index (χ4v) is 6.02. The molecule has 1 aliphatic rings. The highest BCUT2D eigenvalue weighted by Gasteiger charge is 2.39. The van der Waals surface area contributed by atoms with Crippen molar-refractivity contribution in [2.24, 2.45) is 7.05 Å². The van der Waals surface area contributed by atoms with Crippen LogP contribution >= 0.6 is 11.6 Å². The van der Waals surface area contributed by atoms with Crippen LogP contribution in [-0.2, 0) is 18.0 Å². The van der Waals surface area contributed by atoms with Gasteiger partial charge in [0.15, 0.2) is 8.32 Å². The third-order valence-corrected chi connectivity index (χ3v) is 13.0. The molecule has 0 bridgehead atoms. The molecular formula is C30H37ClN2O4Si. The van der Waals surface area contributed by atoms with E-state index in [-0.39, 0.29) is 22.4 Å². The van der Waals surface area contributed by atoms with Gasteiger partial charge in [0.2, 0.25) is 0 Å². The van der Waals surface area contributed by atoms with Gasteiger partial charge in [-0.25, -0.2) is 4.79 Å². The van der Waals surface area contributed by atoms with Gasteiger partial charge in [-0.05, 0) is 60.4 Å². The number of rotatable bonds is 6. The quantitative estimate of drug-likeness (QED) is 0.331. The molecule has 1 unspecified atom stereocenters. The van der Waals surface area contributed by atoms with Crippen LogP contribution in [0.5, 0.6) is 0 Å². The predicted molar refractivity (Wildman–Crippen MR) is 155 cm³/mol. The van der Waals surface area contributed by atoms with E-state index < -0.39 is 14.3 Å². The monoisotopic (exact) mass is 552 g/mol. The largest absolute Gasteiger partial charge is 0.478 e. The molecule has 0 spiro atoms. The molecular weight excluding hydrogens is 516 g/mol. The van der Waals surface area contributed by atoms with Crippen molar-refractivity contribution in [2.75, 3.05) is 13.2 Å². The van der Waals surface area contributed by atoms with E-state index in [1.807, 2.05) is 17.0 Å². The Kier molecular flexibility index (Phi) is 7.67. The number of carboxylic acids is 1. The Morgan fingerprint density at radius 2 is 1.79 bits per heavy atom. The summed E-state index contributed by atoms with van der Waals surface area (Å²) in [5, 5.41) is 10.2. The number of fused-ring (bicyclic) bond motifs is 1. The number of aromatic carboxylic acids is 1. The molecule has 2 heterocycles. The van der Waals surface area contributed by atoms with Gasteiger partial charge in [-0.15, -0.1) is 0 Å². The number of carbonyl (C=O) groups excluding carboxylic acids is 1. The Bertz CT molecular complexity index is 1390. The van der Waals surface area contributed by atoms with Gasteiger partial charge in [-0.3, -0.25) is 4.79 Å². The molecule has 4 rings (SSSR count). The van der Waals surface area contributed by atoms with E-state index in [9.17, 15) is 14.7 Å². The summed E-state index contributed by atoms with van der Waals surface area (Å²) in [6, 6.07) is 15.1. The summed E-state index contributed by atoms with van der Waals surface area (Å²) in [5.74, 6) is -1.06. The van der Waals surface area contributed by atoms with Gasteiger partial charge in [0.05, 0.1) is 5.56 Å². The van der Waals surface area contributed by atoms with Gasteiger partial charge in [0, 0.05) is 60.2 Å². The second-order valence-corrected chi connectivity index (χ2v) is 17.0. The van der Waals surface area contributed by atoms with Crippen LogP contribution in [0.25, 0.3) is 11.3 Å². The van der Waals surface area contributed by atoms with E-state index in [0.29, 0.717) is 47.2 Å². The lowest BCUT2D eigenvalue weighted by molar-refractivity contribution is 0.0689. The van der Waals surface area contributed by atoms with Crippen molar-refractivity contribution in [3.63, 3.8) is 0 Å². The summed E-state index contributed by atoms with van der Waals surface area (Å²) < 4.78 is 8.41. The maximum absolute atomic E-state index is 14.1. The van der Waals surface area contributed by atoms with Crippen molar-refractivity contribution in [3.05, 3.63) is 81.5 Å². The van der Waals surface area contributed by atoms with Gasteiger partial charge in [0.1, 0.15) is 0 Å². The number of benzene rings is 2. The third-order valence-electron chi connectivity index (χ3n) is 8.29. The number of carboxylic acid groups (broad SMARTS) is 1. The summed E-state index contributed by atoms with van der Waals surface area (Å²) >= 11 is 6.37. The van der Waals surface area contributed by atoms with Crippen LogP contribution in [-0.4, -0.2) is 47.9 Å². The first kappa shape index (κ1) is 28.1. The molecule has 0 aliphatic carbocycles. The molecule has 1 atom stereocenters. The van der Waals surface area contributed by atoms with Crippen LogP contribution in [0.15, 0.2) is 48.5 Å². The maximum atomic E-state index is 14.1. The average molecular weight is 553 g/mol. The maximum Gasteiger partial charge on any atom is 0.337 e. The summed E-state index contributed by atoms with van der Waals surface area (Å²) in [6.07, 6.45) is 0. The van der Waals surface area contributed by atoms with Gasteiger partial charge in [0.25, 0.3) is 5.91 Å². The number of hydrogen-bond acceptors (Lipinski definition) is 3. The van der Waals surface area contributed by atoms with E-state index in [1.165, 1.54) is 5.56 Å². The molecule has 0 fully saturated rings. The molecule has 2 aromatic carbocycles. The summed E-state index contributed by atoms with van der Waals surface area (Å²) in [7, 11) is -0.167. The third kappa shape index (κ3) is 5.33. The Morgan fingerprint density at radius 1 is 1.11 bits per heavy atom. The van der Waals surface area contributed by atoms with Crippen molar-refractivity contribution in [1.29, 1.82) is 0 Å². The topological polar surface area (TPSA) is 71.8 Å². The molecule has 3 aromatic rings. The fraction of sp³-hybridized carbons (Fsp3) is 0.400. The molecule has 1 aromatic heterocycles. The standard InChI is InChI=1S/C30H37ClN2O4Si/c1-19-25(29(35)36)15-27(32(19)5)26-14-22(31)12-13-24(26)28(34)33-16-20-10-8-9-11-23(20)21(17-33)18-37-38(6,7)30(2,3)4/h8-15,21H,16-18H2,1-7H3,(H,35,36). The van der Waals surface area contributed by atoms with Crippen molar-refractivity contribution < 1.29 is 19.1 Å². The number of amides is 1. The predicted octanol–water partition coefficient (Wildman–Crippen LogP) is 7.11. The number of halogens is 1. The Balaban J connectivity index is 1.70. The molecule has 6 nitrogen and oxygen atoms in total. The zero-order chi connectivity index (χ0) is 28.0. The molecule has 0 saturated carbocycles. The SMILES string of the molecule is Cc1c(C(=O)O)cc(-c2cc(Cl)ccc2C(=O)N2Cc3ccccc3C(CO[Si](C)(C)C(C)(C)C)C2)n1C. The lowest BCUT2D eigenvalue weighted by atomic mass is 9.89. The van der Waals surface area contributed by atoms with Crippen molar-refractivity contribution in [3.8, 4) is 11.3 Å². The van der Waals surface area contributed by atoms with Gasteiger partial charge < -0.3 is 19.0 Å². The van der Waals surface area contributed by atoms with Crippen molar-refractivity contribution >= 4 is 31.8 Å². The molecule has 202 valence electrons. The van der Waals surface area contributed by atoms with Crippen LogP contribution in [0, 0.1) is 6.92 Å². The molecule has 1 amide bonds. The fourth-order valence-electron chi connectivity index (χ4n) is 4.79. The summed E-state index contributed by atoms with van der Waals surface area (Å²) in [5.41, 5.74) is 4.92. The van der Waals surface area contributed by atoms with Crippen molar-refractivity contribution in [1.82, 2.24) is 9.47 Å². The van der Waals surface area contributed by atoms with E-state index in [1.54, 1.807) is 42.8 Å². The molecule has 0 saturated heterocycles. The minimum atomic E-state index is -1.97. The Hall–Kier alpha value is -2.87. The lowest BCUT2D eigenvalue weighted by Gasteiger charge is -2.40. The molecule has 1 N–H and O–H groups in total.